The average molecular weight is 331 g/mol. The van der Waals surface area contributed by atoms with E-state index in [0.717, 1.165) is 11.3 Å². The quantitative estimate of drug-likeness (QED) is 0.681. The number of nitrogens with one attached hydrogen (secondary N) is 2. The number of carbonyl (C=O) groups excluding carboxylic acids is 1. The predicted octanol–water partition coefficient (Wildman–Crippen LogP) is 1.90. The smallest absolute Gasteiger partial charge is 0.224 e. The van der Waals surface area contributed by atoms with Crippen LogP contribution < -0.4 is 15.4 Å². The molecule has 5 nitrogen and oxygen atoms in total. The maximum Gasteiger partial charge on any atom is 0.224 e. The van der Waals surface area contributed by atoms with Crippen molar-refractivity contribution >= 4 is 18.3 Å². The van der Waals surface area contributed by atoms with Crippen molar-refractivity contribution < 1.29 is 14.6 Å². The van der Waals surface area contributed by atoms with Gasteiger partial charge in [0.25, 0.3) is 0 Å². The number of hydrogen-bond acceptors (Lipinski definition) is 4. The number of hydrogen-bond donors (Lipinski definition) is 3. The van der Waals surface area contributed by atoms with Crippen molar-refractivity contribution in [3.8, 4) is 5.75 Å². The first-order chi connectivity index (χ1) is 9.93. The number of carbonyl (C=O) groups is 1. The first-order valence-corrected chi connectivity index (χ1v) is 7.31. The first-order valence-electron chi connectivity index (χ1n) is 7.31. The molecule has 0 fully saturated rings. The van der Waals surface area contributed by atoms with Gasteiger partial charge in [0.15, 0.2) is 0 Å². The highest BCUT2D eigenvalue weighted by molar-refractivity contribution is 5.85. The van der Waals surface area contributed by atoms with Gasteiger partial charge in [-0.2, -0.15) is 0 Å². The number of aliphatic hydroxyl groups is 1. The van der Waals surface area contributed by atoms with Crippen LogP contribution in [0, 0.1) is 5.92 Å². The molecule has 1 rings (SSSR count). The summed E-state index contributed by atoms with van der Waals surface area (Å²) in [6, 6.07) is 7.31. The monoisotopic (exact) mass is 330 g/mol. The number of benzene rings is 1. The summed E-state index contributed by atoms with van der Waals surface area (Å²) in [6.45, 7) is 6.55. The summed E-state index contributed by atoms with van der Waals surface area (Å²) in [7, 11) is 1.80. The Balaban J connectivity index is 0.00000441. The summed E-state index contributed by atoms with van der Waals surface area (Å²) in [4.78, 5) is 11.8. The van der Waals surface area contributed by atoms with Gasteiger partial charge in [-0.05, 0) is 38.6 Å². The minimum atomic E-state index is -0.744. The molecule has 0 aromatic heterocycles. The highest BCUT2D eigenvalue weighted by Crippen LogP contribution is 2.20. The minimum absolute atomic E-state index is 0. The second-order valence-corrected chi connectivity index (χ2v) is 5.46. The second kappa shape index (κ2) is 10.4. The lowest BCUT2D eigenvalue weighted by Crippen LogP contribution is -2.36. The van der Waals surface area contributed by atoms with Crippen LogP contribution in [0.3, 0.4) is 0 Å². The molecule has 6 heteroatoms. The van der Waals surface area contributed by atoms with E-state index in [9.17, 15) is 9.90 Å². The number of ether oxygens (including phenoxy) is 1. The van der Waals surface area contributed by atoms with Gasteiger partial charge in [0.2, 0.25) is 5.91 Å². The molecule has 1 aromatic carbocycles. The molecule has 0 saturated carbocycles. The van der Waals surface area contributed by atoms with Crippen molar-refractivity contribution in [3.63, 3.8) is 0 Å². The van der Waals surface area contributed by atoms with E-state index in [1.807, 2.05) is 39.0 Å². The first kappa shape index (κ1) is 20.7. The number of amides is 1. The zero-order valence-electron chi connectivity index (χ0n) is 13.6. The Hall–Kier alpha value is -1.30. The van der Waals surface area contributed by atoms with Crippen molar-refractivity contribution in [3.05, 3.63) is 29.8 Å². The molecule has 126 valence electrons. The molecule has 2 atom stereocenters. The Kier molecular flexibility index (Phi) is 9.81. The fourth-order valence-electron chi connectivity index (χ4n) is 1.96. The van der Waals surface area contributed by atoms with Crippen LogP contribution in [0.25, 0.3) is 0 Å². The molecule has 2 unspecified atom stereocenters. The SMILES string of the molecule is CNCC(C)C(=O)NCC(O)c1cccc(OC(C)C)c1.Cl. The normalized spacial score (nSPS) is 13.2. The Morgan fingerprint density at radius 3 is 2.55 bits per heavy atom. The molecule has 1 amide bonds. The third-order valence-electron chi connectivity index (χ3n) is 3.04. The summed E-state index contributed by atoms with van der Waals surface area (Å²) in [5, 5.41) is 15.9. The molecule has 22 heavy (non-hydrogen) atoms. The van der Waals surface area contributed by atoms with Crippen molar-refractivity contribution in [1.82, 2.24) is 10.6 Å². The molecule has 0 spiro atoms. The molecule has 0 heterocycles. The van der Waals surface area contributed by atoms with Crippen LogP contribution >= 0.6 is 12.4 Å². The fraction of sp³-hybridized carbons (Fsp3) is 0.562. The maximum atomic E-state index is 11.8. The molecule has 0 aliphatic heterocycles. The maximum absolute atomic E-state index is 11.8. The van der Waals surface area contributed by atoms with Gasteiger partial charge in [0.1, 0.15) is 5.75 Å². The standard InChI is InChI=1S/C16H26N2O3.ClH/c1-11(2)21-14-7-5-6-13(8-14)15(19)10-18-16(20)12(3)9-17-4;/h5-8,11-12,15,17,19H,9-10H2,1-4H3,(H,18,20);1H. The highest BCUT2D eigenvalue weighted by Gasteiger charge is 2.14. The molecule has 0 aliphatic carbocycles. The third kappa shape index (κ3) is 7.11. The van der Waals surface area contributed by atoms with Crippen LogP contribution in [0.5, 0.6) is 5.75 Å². The van der Waals surface area contributed by atoms with Gasteiger partial charge in [-0.3, -0.25) is 4.79 Å². The van der Waals surface area contributed by atoms with Gasteiger partial charge >= 0.3 is 0 Å². The zero-order valence-corrected chi connectivity index (χ0v) is 14.4. The molecule has 0 saturated heterocycles. The molecular weight excluding hydrogens is 304 g/mol. The van der Waals surface area contributed by atoms with E-state index >= 15 is 0 Å². The number of aliphatic hydroxyl groups excluding tert-OH is 1. The lowest BCUT2D eigenvalue weighted by Gasteiger charge is -2.16. The van der Waals surface area contributed by atoms with E-state index in [-0.39, 0.29) is 36.9 Å². The largest absolute Gasteiger partial charge is 0.491 e. The van der Waals surface area contributed by atoms with Gasteiger partial charge in [0.05, 0.1) is 12.2 Å². The summed E-state index contributed by atoms with van der Waals surface area (Å²) < 4.78 is 5.59. The lowest BCUT2D eigenvalue weighted by molar-refractivity contribution is -0.124. The number of halogens is 1. The van der Waals surface area contributed by atoms with E-state index < -0.39 is 6.10 Å². The van der Waals surface area contributed by atoms with Crippen molar-refractivity contribution in [2.45, 2.75) is 33.0 Å². The van der Waals surface area contributed by atoms with Gasteiger partial charge in [-0.25, -0.2) is 0 Å². The van der Waals surface area contributed by atoms with E-state index in [4.69, 9.17) is 4.74 Å². The summed E-state index contributed by atoms with van der Waals surface area (Å²) in [5.41, 5.74) is 0.731. The zero-order chi connectivity index (χ0) is 15.8. The van der Waals surface area contributed by atoms with Crippen LogP contribution in [0.4, 0.5) is 0 Å². The van der Waals surface area contributed by atoms with Crippen LogP contribution in [0.1, 0.15) is 32.4 Å². The number of rotatable bonds is 8. The van der Waals surface area contributed by atoms with E-state index in [1.165, 1.54) is 0 Å². The van der Waals surface area contributed by atoms with Gasteiger partial charge in [-0.1, -0.05) is 19.1 Å². The van der Waals surface area contributed by atoms with E-state index in [0.29, 0.717) is 6.54 Å². The fourth-order valence-corrected chi connectivity index (χ4v) is 1.96. The van der Waals surface area contributed by atoms with Gasteiger partial charge in [-0.15, -0.1) is 12.4 Å². The van der Waals surface area contributed by atoms with Crippen LogP contribution in [0.2, 0.25) is 0 Å². The Labute approximate surface area is 138 Å². The van der Waals surface area contributed by atoms with Crippen molar-refractivity contribution in [2.75, 3.05) is 20.1 Å². The summed E-state index contributed by atoms with van der Waals surface area (Å²) in [6.07, 6.45) is -0.661. The summed E-state index contributed by atoms with van der Waals surface area (Å²) in [5.74, 6) is 0.521. The Morgan fingerprint density at radius 2 is 1.95 bits per heavy atom. The molecular formula is C16H27ClN2O3. The molecule has 1 aromatic rings. The van der Waals surface area contributed by atoms with Crippen molar-refractivity contribution in [1.29, 1.82) is 0 Å². The molecule has 0 aliphatic rings. The van der Waals surface area contributed by atoms with E-state index in [2.05, 4.69) is 10.6 Å². The average Bonchev–Trinajstić information content (AvgIpc) is 2.44. The minimum Gasteiger partial charge on any atom is -0.491 e. The molecule has 3 N–H and O–H groups in total. The third-order valence-corrected chi connectivity index (χ3v) is 3.04. The Morgan fingerprint density at radius 1 is 1.27 bits per heavy atom. The Bertz CT molecular complexity index is 455. The van der Waals surface area contributed by atoms with Crippen LogP contribution in [-0.2, 0) is 4.79 Å². The van der Waals surface area contributed by atoms with Crippen LogP contribution in [-0.4, -0.2) is 37.3 Å². The topological polar surface area (TPSA) is 70.6 Å². The lowest BCUT2D eigenvalue weighted by atomic mass is 10.1. The second-order valence-electron chi connectivity index (χ2n) is 5.46. The molecule has 0 radical (unpaired) electrons. The molecule has 0 bridgehead atoms. The predicted molar refractivity (Wildman–Crippen MR) is 90.5 cm³/mol. The van der Waals surface area contributed by atoms with Crippen molar-refractivity contribution in [2.24, 2.45) is 5.92 Å². The van der Waals surface area contributed by atoms with Crippen LogP contribution in [0.15, 0.2) is 24.3 Å². The van der Waals surface area contributed by atoms with E-state index in [1.54, 1.807) is 13.1 Å². The van der Waals surface area contributed by atoms with Gasteiger partial charge < -0.3 is 20.5 Å². The highest BCUT2D eigenvalue weighted by atomic mass is 35.5. The van der Waals surface area contributed by atoms with Gasteiger partial charge in [0, 0.05) is 19.0 Å². The summed E-state index contributed by atoms with van der Waals surface area (Å²) >= 11 is 0.